The van der Waals surface area contributed by atoms with Gasteiger partial charge in [0.1, 0.15) is 0 Å². The largest absolute Gasteiger partial charge is 0.329 e. The smallest absolute Gasteiger partial charge is 0.318 e. The normalized spacial score (nSPS) is 10.5. The van der Waals surface area contributed by atoms with Crippen LogP contribution in [0.15, 0.2) is 58.1 Å². The number of nitrogens with one attached hydrogen (secondary N) is 2. The summed E-state index contributed by atoms with van der Waals surface area (Å²) in [6.07, 6.45) is 1.42. The van der Waals surface area contributed by atoms with E-state index in [0.717, 1.165) is 10.0 Å². The number of benzene rings is 2. The van der Waals surface area contributed by atoms with Gasteiger partial charge in [-0.25, -0.2) is 5.43 Å². The van der Waals surface area contributed by atoms with E-state index in [1.54, 1.807) is 48.5 Å². The molecule has 2 aromatic rings. The van der Waals surface area contributed by atoms with Gasteiger partial charge in [0, 0.05) is 15.2 Å². The van der Waals surface area contributed by atoms with E-state index >= 15 is 0 Å². The van der Waals surface area contributed by atoms with Gasteiger partial charge >= 0.3 is 11.8 Å². The standard InChI is InChI=1S/C15H11BrClN3O2/c16-11-3-7-13(8-4-11)19-14(21)15(22)20-18-9-10-1-5-12(17)6-2-10/h1-9H,(H,19,21)(H,20,22)/b18-9-. The summed E-state index contributed by atoms with van der Waals surface area (Å²) in [6, 6.07) is 13.7. The summed E-state index contributed by atoms with van der Waals surface area (Å²) < 4.78 is 0.877. The van der Waals surface area contributed by atoms with Crippen molar-refractivity contribution in [3.05, 3.63) is 63.6 Å². The first-order chi connectivity index (χ1) is 10.5. The van der Waals surface area contributed by atoms with Crippen molar-refractivity contribution in [3.8, 4) is 0 Å². The minimum absolute atomic E-state index is 0.519. The van der Waals surface area contributed by atoms with Gasteiger partial charge in [-0.1, -0.05) is 39.7 Å². The van der Waals surface area contributed by atoms with Crippen molar-refractivity contribution >= 4 is 51.2 Å². The lowest BCUT2D eigenvalue weighted by Crippen LogP contribution is -2.32. The van der Waals surface area contributed by atoms with Crippen LogP contribution in [-0.4, -0.2) is 18.0 Å². The fourth-order valence-corrected chi connectivity index (χ4v) is 1.88. The molecule has 0 unspecified atom stereocenters. The molecule has 0 spiro atoms. The Morgan fingerprint density at radius 2 is 1.64 bits per heavy atom. The highest BCUT2D eigenvalue weighted by atomic mass is 79.9. The zero-order valence-corrected chi connectivity index (χ0v) is 13.6. The number of hydrazone groups is 1. The van der Waals surface area contributed by atoms with Crippen molar-refractivity contribution < 1.29 is 9.59 Å². The Morgan fingerprint density at radius 3 is 2.27 bits per heavy atom. The summed E-state index contributed by atoms with van der Waals surface area (Å²) in [5.74, 6) is -1.65. The predicted molar refractivity (Wildman–Crippen MR) is 90.0 cm³/mol. The van der Waals surface area contributed by atoms with E-state index in [4.69, 9.17) is 11.6 Å². The molecule has 2 N–H and O–H groups in total. The van der Waals surface area contributed by atoms with E-state index in [1.807, 2.05) is 0 Å². The summed E-state index contributed by atoms with van der Waals surface area (Å²) in [5.41, 5.74) is 3.42. The van der Waals surface area contributed by atoms with Gasteiger partial charge in [-0.05, 0) is 42.0 Å². The van der Waals surface area contributed by atoms with E-state index in [9.17, 15) is 9.59 Å². The first-order valence-electron chi connectivity index (χ1n) is 6.20. The Kier molecular flexibility index (Phi) is 5.68. The molecule has 0 aliphatic heterocycles. The average molecular weight is 381 g/mol. The highest BCUT2D eigenvalue weighted by molar-refractivity contribution is 9.10. The molecule has 0 fully saturated rings. The molecule has 0 aliphatic rings. The lowest BCUT2D eigenvalue weighted by atomic mass is 10.2. The fourth-order valence-electron chi connectivity index (χ4n) is 1.49. The third-order valence-electron chi connectivity index (χ3n) is 2.56. The zero-order valence-electron chi connectivity index (χ0n) is 11.2. The van der Waals surface area contributed by atoms with Crippen molar-refractivity contribution in [2.24, 2.45) is 5.10 Å². The van der Waals surface area contributed by atoms with Crippen molar-refractivity contribution in [3.63, 3.8) is 0 Å². The zero-order chi connectivity index (χ0) is 15.9. The number of halogens is 2. The first-order valence-corrected chi connectivity index (χ1v) is 7.37. The molecule has 0 heterocycles. The van der Waals surface area contributed by atoms with Gasteiger partial charge in [-0.2, -0.15) is 5.10 Å². The van der Waals surface area contributed by atoms with Crippen LogP contribution in [0.2, 0.25) is 5.02 Å². The Hall–Kier alpha value is -2.18. The summed E-state index contributed by atoms with van der Waals surface area (Å²) in [6.45, 7) is 0. The van der Waals surface area contributed by atoms with Crippen LogP contribution >= 0.6 is 27.5 Å². The molecule has 22 heavy (non-hydrogen) atoms. The molecular weight excluding hydrogens is 370 g/mol. The van der Waals surface area contributed by atoms with Crippen molar-refractivity contribution in [2.75, 3.05) is 5.32 Å². The third kappa shape index (κ3) is 4.98. The van der Waals surface area contributed by atoms with Gasteiger partial charge in [-0.3, -0.25) is 9.59 Å². The second kappa shape index (κ2) is 7.72. The first kappa shape index (κ1) is 16.2. The van der Waals surface area contributed by atoms with Gasteiger partial charge in [0.05, 0.1) is 6.21 Å². The highest BCUT2D eigenvalue weighted by Gasteiger charge is 2.12. The maximum absolute atomic E-state index is 11.7. The molecule has 0 saturated heterocycles. The Bertz CT molecular complexity index is 700. The Morgan fingerprint density at radius 1 is 1.00 bits per heavy atom. The molecule has 7 heteroatoms. The molecule has 0 atom stereocenters. The molecule has 0 aromatic heterocycles. The van der Waals surface area contributed by atoms with Crippen molar-refractivity contribution in [2.45, 2.75) is 0 Å². The number of nitrogens with zero attached hydrogens (tertiary/aromatic N) is 1. The predicted octanol–water partition coefficient (Wildman–Crippen LogP) is 3.19. The van der Waals surface area contributed by atoms with Crippen LogP contribution < -0.4 is 10.7 Å². The van der Waals surface area contributed by atoms with Crippen LogP contribution in [0.1, 0.15) is 5.56 Å². The molecule has 0 aliphatic carbocycles. The van der Waals surface area contributed by atoms with E-state index in [2.05, 4.69) is 31.8 Å². The molecule has 0 radical (unpaired) electrons. The Balaban J connectivity index is 1.87. The van der Waals surface area contributed by atoms with Crippen LogP contribution in [-0.2, 0) is 9.59 Å². The summed E-state index contributed by atoms with van der Waals surface area (Å²) >= 11 is 9.04. The highest BCUT2D eigenvalue weighted by Crippen LogP contribution is 2.13. The molecule has 112 valence electrons. The monoisotopic (exact) mass is 379 g/mol. The topological polar surface area (TPSA) is 70.6 Å². The van der Waals surface area contributed by atoms with Crippen LogP contribution in [0, 0.1) is 0 Å². The van der Waals surface area contributed by atoms with E-state index < -0.39 is 11.8 Å². The van der Waals surface area contributed by atoms with Crippen LogP contribution in [0.4, 0.5) is 5.69 Å². The Labute approximate surface area is 140 Å². The number of hydrogen-bond acceptors (Lipinski definition) is 3. The molecule has 0 bridgehead atoms. The average Bonchev–Trinajstić information content (AvgIpc) is 2.51. The maximum atomic E-state index is 11.7. The molecule has 2 rings (SSSR count). The summed E-state index contributed by atoms with van der Waals surface area (Å²) in [7, 11) is 0. The number of amides is 2. The molecular formula is C15H11BrClN3O2. The third-order valence-corrected chi connectivity index (χ3v) is 3.34. The molecule has 5 nitrogen and oxygen atoms in total. The number of rotatable bonds is 3. The van der Waals surface area contributed by atoms with Gasteiger partial charge < -0.3 is 5.32 Å². The number of anilines is 1. The number of hydrogen-bond donors (Lipinski definition) is 2. The maximum Gasteiger partial charge on any atom is 0.329 e. The number of carbonyl (C=O) groups is 2. The van der Waals surface area contributed by atoms with Gasteiger partial charge in [0.15, 0.2) is 0 Å². The van der Waals surface area contributed by atoms with Gasteiger partial charge in [0.2, 0.25) is 0 Å². The number of carbonyl (C=O) groups excluding carboxylic acids is 2. The van der Waals surface area contributed by atoms with E-state index in [-0.39, 0.29) is 0 Å². The van der Waals surface area contributed by atoms with Crippen molar-refractivity contribution in [1.82, 2.24) is 5.43 Å². The van der Waals surface area contributed by atoms with Gasteiger partial charge in [-0.15, -0.1) is 0 Å². The minimum atomic E-state index is -0.854. The summed E-state index contributed by atoms with van der Waals surface area (Å²) in [5, 5.41) is 6.78. The molecule has 2 aromatic carbocycles. The van der Waals surface area contributed by atoms with E-state index in [0.29, 0.717) is 10.7 Å². The van der Waals surface area contributed by atoms with Crippen LogP contribution in [0.3, 0.4) is 0 Å². The SMILES string of the molecule is O=C(N/N=C\c1ccc(Cl)cc1)C(=O)Nc1ccc(Br)cc1. The lowest BCUT2D eigenvalue weighted by molar-refractivity contribution is -0.136. The second-order valence-electron chi connectivity index (χ2n) is 4.21. The lowest BCUT2D eigenvalue weighted by Gasteiger charge is -2.03. The second-order valence-corrected chi connectivity index (χ2v) is 5.56. The molecule has 0 saturated carbocycles. The minimum Gasteiger partial charge on any atom is -0.318 e. The van der Waals surface area contributed by atoms with Crippen LogP contribution in [0.5, 0.6) is 0 Å². The quantitative estimate of drug-likeness (QED) is 0.488. The van der Waals surface area contributed by atoms with Crippen LogP contribution in [0.25, 0.3) is 0 Å². The fraction of sp³-hybridized carbons (Fsp3) is 0. The van der Waals surface area contributed by atoms with Gasteiger partial charge in [0.25, 0.3) is 0 Å². The van der Waals surface area contributed by atoms with Crippen molar-refractivity contribution in [1.29, 1.82) is 0 Å². The van der Waals surface area contributed by atoms with E-state index in [1.165, 1.54) is 6.21 Å². The molecule has 2 amide bonds. The summed E-state index contributed by atoms with van der Waals surface area (Å²) in [4.78, 5) is 23.2.